The number of anilines is 2. The molecule has 2 heterocycles. The van der Waals surface area contributed by atoms with Gasteiger partial charge in [0.2, 0.25) is 17.7 Å². The molecule has 4 rings (SSSR count). The molecule has 1 unspecified atom stereocenters. The third-order valence-corrected chi connectivity index (χ3v) is 5.68. The van der Waals surface area contributed by atoms with Crippen LogP contribution in [-0.4, -0.2) is 42.8 Å². The summed E-state index contributed by atoms with van der Waals surface area (Å²) < 4.78 is 5.31. The first-order valence-corrected chi connectivity index (χ1v) is 10.2. The molecule has 2 aliphatic rings. The van der Waals surface area contributed by atoms with E-state index in [2.05, 4.69) is 5.32 Å². The van der Waals surface area contributed by atoms with E-state index in [0.717, 1.165) is 24.2 Å². The standard InChI is InChI=1S/C23H25N3O4/c1-30-17-7-4-6-16(14-17)19-10-5-13-25(19)22(28)11-12-23(29)26-15-21(27)24-18-8-2-3-9-20(18)26/h2-4,6-9,14,19H,5,10-13,15H2,1H3,(H,24,27). The average molecular weight is 407 g/mol. The van der Waals surface area contributed by atoms with Crippen molar-refractivity contribution in [1.29, 1.82) is 0 Å². The minimum Gasteiger partial charge on any atom is -0.497 e. The number of hydrogen-bond donors (Lipinski definition) is 1. The maximum absolute atomic E-state index is 12.9. The van der Waals surface area contributed by atoms with Gasteiger partial charge in [0, 0.05) is 19.4 Å². The zero-order valence-corrected chi connectivity index (χ0v) is 17.0. The van der Waals surface area contributed by atoms with E-state index >= 15 is 0 Å². The molecule has 0 radical (unpaired) electrons. The summed E-state index contributed by atoms with van der Waals surface area (Å²) in [6, 6.07) is 15.0. The van der Waals surface area contributed by atoms with Crippen LogP contribution in [0.5, 0.6) is 5.75 Å². The lowest BCUT2D eigenvalue weighted by Crippen LogP contribution is -2.42. The molecule has 0 spiro atoms. The Kier molecular flexibility index (Phi) is 5.70. The molecule has 1 saturated heterocycles. The van der Waals surface area contributed by atoms with E-state index in [1.165, 1.54) is 4.90 Å². The van der Waals surface area contributed by atoms with Crippen LogP contribution in [-0.2, 0) is 14.4 Å². The second-order valence-electron chi connectivity index (χ2n) is 7.57. The highest BCUT2D eigenvalue weighted by Gasteiger charge is 2.31. The van der Waals surface area contributed by atoms with Gasteiger partial charge >= 0.3 is 0 Å². The quantitative estimate of drug-likeness (QED) is 0.826. The zero-order chi connectivity index (χ0) is 21.1. The summed E-state index contributed by atoms with van der Waals surface area (Å²) in [6.07, 6.45) is 2.02. The van der Waals surface area contributed by atoms with Crippen molar-refractivity contribution in [2.24, 2.45) is 0 Å². The average Bonchev–Trinajstić information content (AvgIpc) is 3.26. The predicted octanol–water partition coefficient (Wildman–Crippen LogP) is 3.12. The Morgan fingerprint density at radius 1 is 1.10 bits per heavy atom. The van der Waals surface area contributed by atoms with E-state index in [1.807, 2.05) is 41.3 Å². The normalized spacial score (nSPS) is 18.0. The molecule has 7 nitrogen and oxygen atoms in total. The van der Waals surface area contributed by atoms with Gasteiger partial charge in [-0.3, -0.25) is 14.4 Å². The van der Waals surface area contributed by atoms with E-state index in [0.29, 0.717) is 17.9 Å². The highest BCUT2D eigenvalue weighted by molar-refractivity contribution is 6.10. The van der Waals surface area contributed by atoms with Crippen LogP contribution in [0.2, 0.25) is 0 Å². The van der Waals surface area contributed by atoms with Gasteiger partial charge in [-0.15, -0.1) is 0 Å². The fraction of sp³-hybridized carbons (Fsp3) is 0.348. The highest BCUT2D eigenvalue weighted by atomic mass is 16.5. The Morgan fingerprint density at radius 3 is 2.73 bits per heavy atom. The lowest BCUT2D eigenvalue weighted by Gasteiger charge is -2.29. The molecule has 0 saturated carbocycles. The largest absolute Gasteiger partial charge is 0.497 e. The highest BCUT2D eigenvalue weighted by Crippen LogP contribution is 2.34. The van der Waals surface area contributed by atoms with Gasteiger partial charge in [0.1, 0.15) is 12.3 Å². The van der Waals surface area contributed by atoms with E-state index in [9.17, 15) is 14.4 Å². The SMILES string of the molecule is COc1cccc(C2CCCN2C(=O)CCC(=O)N2CC(=O)Nc3ccccc32)c1. The summed E-state index contributed by atoms with van der Waals surface area (Å²) in [6.45, 7) is 0.657. The molecule has 3 amide bonds. The van der Waals surface area contributed by atoms with Crippen molar-refractivity contribution in [3.63, 3.8) is 0 Å². The second-order valence-corrected chi connectivity index (χ2v) is 7.57. The number of nitrogens with zero attached hydrogens (tertiary/aromatic N) is 2. The number of amides is 3. The molecule has 1 atom stereocenters. The van der Waals surface area contributed by atoms with Crippen LogP contribution in [0.3, 0.4) is 0 Å². The number of para-hydroxylation sites is 2. The van der Waals surface area contributed by atoms with Gasteiger partial charge in [-0.05, 0) is 42.7 Å². The van der Waals surface area contributed by atoms with Crippen molar-refractivity contribution in [3.05, 3.63) is 54.1 Å². The minimum absolute atomic E-state index is 0.00388. The lowest BCUT2D eigenvalue weighted by molar-refractivity contribution is -0.134. The van der Waals surface area contributed by atoms with Gasteiger partial charge in [-0.2, -0.15) is 0 Å². The van der Waals surface area contributed by atoms with Crippen molar-refractivity contribution in [2.45, 2.75) is 31.7 Å². The number of fused-ring (bicyclic) bond motifs is 1. The Morgan fingerprint density at radius 2 is 1.90 bits per heavy atom. The number of carbonyl (C=O) groups is 3. The van der Waals surface area contributed by atoms with E-state index in [-0.39, 0.29) is 43.1 Å². The molecule has 0 aliphatic carbocycles. The van der Waals surface area contributed by atoms with Crippen LogP contribution in [0.4, 0.5) is 11.4 Å². The predicted molar refractivity (Wildman–Crippen MR) is 113 cm³/mol. The van der Waals surface area contributed by atoms with Crippen LogP contribution in [0.15, 0.2) is 48.5 Å². The molecule has 0 bridgehead atoms. The van der Waals surface area contributed by atoms with Gasteiger partial charge in [0.15, 0.2) is 0 Å². The van der Waals surface area contributed by atoms with Gasteiger partial charge in [-0.1, -0.05) is 24.3 Å². The molecule has 2 aliphatic heterocycles. The van der Waals surface area contributed by atoms with E-state index in [1.54, 1.807) is 19.2 Å². The van der Waals surface area contributed by atoms with E-state index in [4.69, 9.17) is 4.74 Å². The molecule has 1 fully saturated rings. The minimum atomic E-state index is -0.231. The molecule has 0 aromatic heterocycles. The molecule has 2 aromatic carbocycles. The molecular formula is C23H25N3O4. The van der Waals surface area contributed by atoms with Crippen LogP contribution in [0.25, 0.3) is 0 Å². The number of hydrogen-bond acceptors (Lipinski definition) is 4. The van der Waals surface area contributed by atoms with Crippen LogP contribution >= 0.6 is 0 Å². The molecule has 7 heteroatoms. The maximum atomic E-state index is 12.9. The smallest absolute Gasteiger partial charge is 0.244 e. The van der Waals surface area contributed by atoms with E-state index < -0.39 is 0 Å². The van der Waals surface area contributed by atoms with Gasteiger partial charge in [-0.25, -0.2) is 0 Å². The summed E-state index contributed by atoms with van der Waals surface area (Å²) >= 11 is 0. The fourth-order valence-corrected chi connectivity index (χ4v) is 4.21. The van der Waals surface area contributed by atoms with Crippen molar-refractivity contribution in [1.82, 2.24) is 4.90 Å². The van der Waals surface area contributed by atoms with Crippen LogP contribution in [0, 0.1) is 0 Å². The summed E-state index contributed by atoms with van der Waals surface area (Å²) in [5.74, 6) is 0.279. The third kappa shape index (κ3) is 4.01. The first-order chi connectivity index (χ1) is 14.6. The Balaban J connectivity index is 1.42. The first-order valence-electron chi connectivity index (χ1n) is 10.2. The summed E-state index contributed by atoms with van der Waals surface area (Å²) in [4.78, 5) is 41.0. The van der Waals surface area contributed by atoms with Crippen molar-refractivity contribution in [3.8, 4) is 5.75 Å². The Labute approximate surface area is 175 Å². The van der Waals surface area contributed by atoms with Gasteiger partial charge in [0.05, 0.1) is 24.5 Å². The van der Waals surface area contributed by atoms with Crippen molar-refractivity contribution >= 4 is 29.1 Å². The number of carbonyl (C=O) groups excluding carboxylic acids is 3. The Bertz CT molecular complexity index is 974. The maximum Gasteiger partial charge on any atom is 0.244 e. The number of nitrogens with one attached hydrogen (secondary N) is 1. The first kappa shape index (κ1) is 19.9. The topological polar surface area (TPSA) is 79.0 Å². The van der Waals surface area contributed by atoms with Gasteiger partial charge < -0.3 is 19.9 Å². The lowest BCUT2D eigenvalue weighted by atomic mass is 10.0. The van der Waals surface area contributed by atoms with Crippen molar-refractivity contribution in [2.75, 3.05) is 30.4 Å². The monoisotopic (exact) mass is 407 g/mol. The summed E-state index contributed by atoms with van der Waals surface area (Å²) in [5.41, 5.74) is 2.34. The molecule has 30 heavy (non-hydrogen) atoms. The molecule has 2 aromatic rings. The van der Waals surface area contributed by atoms with Crippen molar-refractivity contribution < 1.29 is 19.1 Å². The molecule has 1 N–H and O–H groups in total. The number of methoxy groups -OCH3 is 1. The van der Waals surface area contributed by atoms with Crippen LogP contribution in [0.1, 0.15) is 37.3 Å². The number of benzene rings is 2. The second kappa shape index (κ2) is 8.57. The third-order valence-electron chi connectivity index (χ3n) is 5.68. The fourth-order valence-electron chi connectivity index (χ4n) is 4.21. The van der Waals surface area contributed by atoms with Gasteiger partial charge in [0.25, 0.3) is 0 Å². The zero-order valence-electron chi connectivity index (χ0n) is 17.0. The molecule has 156 valence electrons. The summed E-state index contributed by atoms with van der Waals surface area (Å²) in [5, 5.41) is 2.77. The van der Waals surface area contributed by atoms with Crippen LogP contribution < -0.4 is 15.0 Å². The number of rotatable bonds is 5. The number of likely N-dealkylation sites (tertiary alicyclic amines) is 1. The molecular weight excluding hydrogens is 382 g/mol. The summed E-state index contributed by atoms with van der Waals surface area (Å²) in [7, 11) is 1.63. The Hall–Kier alpha value is -3.35. The number of ether oxygens (including phenoxy) is 1.